The van der Waals surface area contributed by atoms with E-state index in [4.69, 9.17) is 12.2 Å². The van der Waals surface area contributed by atoms with Crippen molar-refractivity contribution < 1.29 is 4.79 Å². The topological polar surface area (TPSA) is 79.7 Å². The molecule has 148 valence electrons. The second-order valence-corrected chi connectivity index (χ2v) is 8.15. The van der Waals surface area contributed by atoms with E-state index in [-0.39, 0.29) is 5.91 Å². The minimum Gasteiger partial charge on any atom is -0.336 e. The van der Waals surface area contributed by atoms with Gasteiger partial charge in [0.1, 0.15) is 11.9 Å². The highest BCUT2D eigenvalue weighted by molar-refractivity contribution is 7.71. The summed E-state index contributed by atoms with van der Waals surface area (Å²) in [4.78, 5) is 24.9. The molecule has 1 atom stereocenters. The molecule has 1 N–H and O–H groups in total. The van der Waals surface area contributed by atoms with Crippen LogP contribution < -0.4 is 0 Å². The van der Waals surface area contributed by atoms with Crippen molar-refractivity contribution >= 4 is 40.4 Å². The van der Waals surface area contributed by atoms with E-state index in [1.165, 1.54) is 0 Å². The predicted octanol–water partition coefficient (Wildman–Crippen LogP) is 4.14. The lowest BCUT2D eigenvalue weighted by Gasteiger charge is -2.22. The summed E-state index contributed by atoms with van der Waals surface area (Å²) in [6.45, 7) is 4.10. The molecular formula is C20H20N6OS2. The average molecular weight is 425 g/mol. The Hall–Kier alpha value is -2.91. The van der Waals surface area contributed by atoms with Gasteiger partial charge in [0.25, 0.3) is 0 Å². The third-order valence-corrected chi connectivity index (χ3v) is 5.94. The summed E-state index contributed by atoms with van der Waals surface area (Å²) in [7, 11) is 1.75. The summed E-state index contributed by atoms with van der Waals surface area (Å²) in [5.74, 6) is 1.19. The number of H-pyrrole nitrogens is 1. The van der Waals surface area contributed by atoms with Crippen LogP contribution in [0.15, 0.2) is 41.8 Å². The molecule has 1 unspecified atom stereocenters. The molecular weight excluding hydrogens is 404 g/mol. The molecule has 0 bridgehead atoms. The van der Waals surface area contributed by atoms with Crippen LogP contribution in [-0.2, 0) is 11.3 Å². The number of thiophene rings is 1. The van der Waals surface area contributed by atoms with Gasteiger partial charge in [0, 0.05) is 18.1 Å². The van der Waals surface area contributed by atoms with Gasteiger partial charge in [-0.05, 0) is 43.6 Å². The molecule has 9 heteroatoms. The zero-order valence-corrected chi connectivity index (χ0v) is 17.9. The zero-order valence-electron chi connectivity index (χ0n) is 16.3. The van der Waals surface area contributed by atoms with Crippen LogP contribution in [0.1, 0.15) is 24.5 Å². The van der Waals surface area contributed by atoms with Gasteiger partial charge in [-0.25, -0.2) is 9.97 Å². The quantitative estimate of drug-likeness (QED) is 0.487. The Morgan fingerprint density at radius 1 is 1.28 bits per heavy atom. The van der Waals surface area contributed by atoms with E-state index in [2.05, 4.69) is 20.2 Å². The lowest BCUT2D eigenvalue weighted by atomic mass is 10.2. The van der Waals surface area contributed by atoms with E-state index in [1.54, 1.807) is 27.9 Å². The summed E-state index contributed by atoms with van der Waals surface area (Å²) in [6.07, 6.45) is 0. The fourth-order valence-electron chi connectivity index (χ4n) is 3.33. The van der Waals surface area contributed by atoms with Gasteiger partial charge in [0.05, 0.1) is 16.9 Å². The molecule has 0 saturated heterocycles. The average Bonchev–Trinajstić information content (AvgIpc) is 3.36. The Balaban J connectivity index is 1.59. The fraction of sp³-hybridized carbons (Fsp3) is 0.250. The van der Waals surface area contributed by atoms with E-state index < -0.39 is 6.04 Å². The Kier molecular flexibility index (Phi) is 5.25. The van der Waals surface area contributed by atoms with E-state index in [0.717, 1.165) is 21.5 Å². The number of carbonyl (C=O) groups excluding carboxylic acids is 1. The number of fused-ring (bicyclic) bond motifs is 1. The number of likely N-dealkylation sites (N-methyl/N-ethyl adjacent to an activating group) is 1. The van der Waals surface area contributed by atoms with Gasteiger partial charge >= 0.3 is 0 Å². The number of hydrogen-bond donors (Lipinski definition) is 1. The van der Waals surface area contributed by atoms with Crippen LogP contribution >= 0.6 is 23.6 Å². The maximum absolute atomic E-state index is 13.1. The van der Waals surface area contributed by atoms with Crippen LogP contribution in [0, 0.1) is 11.7 Å². The van der Waals surface area contributed by atoms with Crippen LogP contribution in [0.4, 0.5) is 0 Å². The summed E-state index contributed by atoms with van der Waals surface area (Å²) in [5.41, 5.74) is 1.78. The molecule has 7 nitrogen and oxygen atoms in total. The van der Waals surface area contributed by atoms with Gasteiger partial charge in [-0.15, -0.1) is 11.3 Å². The number of hydrogen-bond acceptors (Lipinski definition) is 6. The van der Waals surface area contributed by atoms with E-state index >= 15 is 0 Å². The van der Waals surface area contributed by atoms with Gasteiger partial charge in [-0.1, -0.05) is 24.3 Å². The molecule has 4 aromatic rings. The molecule has 1 amide bonds. The molecule has 0 spiro atoms. The Morgan fingerprint density at radius 3 is 2.83 bits per heavy atom. The summed E-state index contributed by atoms with van der Waals surface area (Å²) in [5, 5.41) is 10.1. The standard InChI is InChI=1S/C20H20N6OS2/c1-12-14-7-4-5-8-15(14)22-17(21-12)11-25(3)19(27)13(2)26-18(23-24-20(26)28)16-9-6-10-29-16/h4-10,13H,11H2,1-3H3,(H,24,28). The molecule has 0 aliphatic carbocycles. The molecule has 0 aliphatic heterocycles. The van der Waals surface area contributed by atoms with Crippen molar-refractivity contribution in [3.05, 3.63) is 58.1 Å². The van der Waals surface area contributed by atoms with E-state index in [9.17, 15) is 4.79 Å². The van der Waals surface area contributed by atoms with Crippen LogP contribution in [0.3, 0.4) is 0 Å². The minimum atomic E-state index is -0.509. The molecule has 1 aromatic carbocycles. The van der Waals surface area contributed by atoms with E-state index in [1.807, 2.05) is 55.6 Å². The van der Waals surface area contributed by atoms with Gasteiger partial charge < -0.3 is 4.90 Å². The predicted molar refractivity (Wildman–Crippen MR) is 116 cm³/mol. The number of aryl methyl sites for hydroxylation is 1. The monoisotopic (exact) mass is 424 g/mol. The van der Waals surface area contributed by atoms with Crippen molar-refractivity contribution in [2.75, 3.05) is 7.05 Å². The SMILES string of the molecule is Cc1nc(CN(C)C(=O)C(C)n2c(-c3cccs3)n[nH]c2=S)nc2ccccc12. The number of nitrogens with one attached hydrogen (secondary N) is 1. The Bertz CT molecular complexity index is 1230. The third-order valence-electron chi connectivity index (χ3n) is 4.79. The van der Waals surface area contributed by atoms with Gasteiger partial charge in [-0.2, -0.15) is 5.10 Å². The Morgan fingerprint density at radius 2 is 2.07 bits per heavy atom. The smallest absolute Gasteiger partial charge is 0.245 e. The van der Waals surface area contributed by atoms with E-state index in [0.29, 0.717) is 23.0 Å². The molecule has 29 heavy (non-hydrogen) atoms. The zero-order chi connectivity index (χ0) is 20.5. The van der Waals surface area contributed by atoms with Crippen molar-refractivity contribution in [3.8, 4) is 10.7 Å². The number of rotatable bonds is 5. The van der Waals surface area contributed by atoms with Crippen molar-refractivity contribution in [1.29, 1.82) is 0 Å². The number of para-hydroxylation sites is 1. The largest absolute Gasteiger partial charge is 0.336 e. The van der Waals surface area contributed by atoms with Crippen molar-refractivity contribution in [1.82, 2.24) is 29.6 Å². The normalized spacial score (nSPS) is 12.2. The van der Waals surface area contributed by atoms with Gasteiger partial charge in [0.2, 0.25) is 5.91 Å². The summed E-state index contributed by atoms with van der Waals surface area (Å²) in [6, 6.07) is 11.3. The first-order chi connectivity index (χ1) is 14.0. The van der Waals surface area contributed by atoms with Crippen molar-refractivity contribution in [3.63, 3.8) is 0 Å². The van der Waals surface area contributed by atoms with Gasteiger partial charge in [0.15, 0.2) is 10.6 Å². The van der Waals surface area contributed by atoms with Crippen LogP contribution in [0.5, 0.6) is 0 Å². The fourth-order valence-corrected chi connectivity index (χ4v) is 4.33. The minimum absolute atomic E-state index is 0.0882. The first-order valence-electron chi connectivity index (χ1n) is 9.13. The first-order valence-corrected chi connectivity index (χ1v) is 10.4. The first kappa shape index (κ1) is 19.4. The maximum Gasteiger partial charge on any atom is 0.245 e. The lowest BCUT2D eigenvalue weighted by molar-refractivity contribution is -0.133. The highest BCUT2D eigenvalue weighted by atomic mass is 32.1. The third kappa shape index (κ3) is 3.70. The summed E-state index contributed by atoms with van der Waals surface area (Å²) >= 11 is 6.93. The van der Waals surface area contributed by atoms with Crippen molar-refractivity contribution in [2.24, 2.45) is 0 Å². The number of aromatic nitrogens is 5. The molecule has 0 radical (unpaired) electrons. The maximum atomic E-state index is 13.1. The Labute approximate surface area is 177 Å². The number of carbonyl (C=O) groups is 1. The second kappa shape index (κ2) is 7.84. The molecule has 0 aliphatic rings. The summed E-state index contributed by atoms with van der Waals surface area (Å²) < 4.78 is 2.17. The highest BCUT2D eigenvalue weighted by Crippen LogP contribution is 2.26. The van der Waals surface area contributed by atoms with Crippen LogP contribution in [0.25, 0.3) is 21.6 Å². The number of aromatic amines is 1. The molecule has 3 heterocycles. The second-order valence-electron chi connectivity index (χ2n) is 6.81. The van der Waals surface area contributed by atoms with Crippen molar-refractivity contribution in [2.45, 2.75) is 26.4 Å². The molecule has 3 aromatic heterocycles. The van der Waals surface area contributed by atoms with Crippen LogP contribution in [-0.4, -0.2) is 42.6 Å². The van der Waals surface area contributed by atoms with Gasteiger partial charge in [-0.3, -0.25) is 14.5 Å². The number of benzene rings is 1. The van der Waals surface area contributed by atoms with Crippen LogP contribution in [0.2, 0.25) is 0 Å². The lowest BCUT2D eigenvalue weighted by Crippen LogP contribution is -2.33. The highest BCUT2D eigenvalue weighted by Gasteiger charge is 2.24. The number of nitrogens with zero attached hydrogens (tertiary/aromatic N) is 5. The molecule has 4 rings (SSSR count). The number of amides is 1. The molecule has 0 fully saturated rings. The molecule has 0 saturated carbocycles.